The van der Waals surface area contributed by atoms with Crippen molar-refractivity contribution >= 4 is 15.9 Å². The predicted molar refractivity (Wildman–Crippen MR) is 61.4 cm³/mol. The van der Waals surface area contributed by atoms with E-state index in [-0.39, 0.29) is 18.3 Å². The summed E-state index contributed by atoms with van der Waals surface area (Å²) in [7, 11) is -3.26. The van der Waals surface area contributed by atoms with E-state index >= 15 is 0 Å². The molecule has 6 heteroatoms. The molecule has 1 amide bonds. The van der Waals surface area contributed by atoms with Crippen molar-refractivity contribution in [3.05, 3.63) is 35.9 Å². The first kappa shape index (κ1) is 12.7. The molecule has 0 saturated heterocycles. The predicted octanol–water partition coefficient (Wildman–Crippen LogP) is 0.313. The molecule has 0 fully saturated rings. The van der Waals surface area contributed by atoms with Gasteiger partial charge in [0.25, 0.3) is 5.91 Å². The molecule has 0 aliphatic heterocycles. The summed E-state index contributed by atoms with van der Waals surface area (Å²) in [5.74, 6) is -0.312. The van der Waals surface area contributed by atoms with Crippen molar-refractivity contribution in [2.45, 2.75) is 6.92 Å². The van der Waals surface area contributed by atoms with Gasteiger partial charge in [-0.05, 0) is 19.1 Å². The van der Waals surface area contributed by atoms with E-state index in [1.165, 1.54) is 6.92 Å². The van der Waals surface area contributed by atoms with Gasteiger partial charge in [0.05, 0.1) is 12.4 Å². The quantitative estimate of drug-likeness (QED) is 0.730. The third-order valence-electron chi connectivity index (χ3n) is 1.96. The summed E-state index contributed by atoms with van der Waals surface area (Å²) in [5.41, 5.74) is 0.498. The average Bonchev–Trinajstić information content (AvgIpc) is 2.30. The van der Waals surface area contributed by atoms with Gasteiger partial charge in [-0.15, -0.1) is 0 Å². The van der Waals surface area contributed by atoms with Gasteiger partial charge in [0.15, 0.2) is 0 Å². The number of amides is 1. The molecule has 1 rings (SSSR count). The van der Waals surface area contributed by atoms with Crippen LogP contribution < -0.4 is 10.0 Å². The summed E-state index contributed by atoms with van der Waals surface area (Å²) < 4.78 is 24.4. The monoisotopic (exact) mass is 242 g/mol. The van der Waals surface area contributed by atoms with Crippen LogP contribution >= 0.6 is 0 Å². The number of benzene rings is 1. The van der Waals surface area contributed by atoms with Crippen molar-refractivity contribution in [1.82, 2.24) is 10.0 Å². The van der Waals surface area contributed by atoms with Crippen molar-refractivity contribution in [2.24, 2.45) is 0 Å². The minimum Gasteiger partial charge on any atom is -0.338 e. The van der Waals surface area contributed by atoms with Gasteiger partial charge in [-0.2, -0.15) is 4.72 Å². The van der Waals surface area contributed by atoms with Crippen LogP contribution in [0.2, 0.25) is 0 Å². The Bertz CT molecular complexity index is 442. The number of carbonyl (C=O) groups is 1. The molecule has 0 aliphatic rings. The SMILES string of the molecule is CCS(=O)(=O)NCNC(=O)c1ccccc1. The summed E-state index contributed by atoms with van der Waals surface area (Å²) in [6, 6.07) is 8.60. The standard InChI is InChI=1S/C10H14N2O3S/c1-2-16(14,15)12-8-11-10(13)9-6-4-3-5-7-9/h3-7,12H,2,8H2,1H3,(H,11,13). The Morgan fingerprint density at radius 2 is 1.88 bits per heavy atom. The van der Waals surface area contributed by atoms with Crippen LogP contribution in [0.15, 0.2) is 30.3 Å². The third-order valence-corrected chi connectivity index (χ3v) is 3.30. The molecular formula is C10H14N2O3S. The van der Waals surface area contributed by atoms with Crippen LogP contribution in [-0.4, -0.2) is 26.7 Å². The molecule has 0 aliphatic carbocycles. The molecule has 0 atom stereocenters. The van der Waals surface area contributed by atoms with Gasteiger partial charge in [-0.1, -0.05) is 18.2 Å². The molecule has 0 heterocycles. The highest BCUT2D eigenvalue weighted by Gasteiger charge is 2.07. The topological polar surface area (TPSA) is 75.3 Å². The molecular weight excluding hydrogens is 228 g/mol. The molecule has 2 N–H and O–H groups in total. The van der Waals surface area contributed by atoms with Gasteiger partial charge >= 0.3 is 0 Å². The maximum Gasteiger partial charge on any atom is 0.252 e. The Kier molecular flexibility index (Phi) is 4.45. The van der Waals surface area contributed by atoms with Crippen molar-refractivity contribution in [3.8, 4) is 0 Å². The number of nitrogens with one attached hydrogen (secondary N) is 2. The molecule has 1 aromatic rings. The van der Waals surface area contributed by atoms with Crippen molar-refractivity contribution < 1.29 is 13.2 Å². The summed E-state index contributed by atoms with van der Waals surface area (Å²) in [6.45, 7) is 1.44. The third kappa shape index (κ3) is 4.00. The van der Waals surface area contributed by atoms with Gasteiger partial charge in [0, 0.05) is 5.56 Å². The lowest BCUT2D eigenvalue weighted by atomic mass is 10.2. The molecule has 0 aromatic heterocycles. The first-order chi connectivity index (χ1) is 7.55. The van der Waals surface area contributed by atoms with E-state index in [0.29, 0.717) is 5.56 Å². The van der Waals surface area contributed by atoms with Crippen LogP contribution in [0.1, 0.15) is 17.3 Å². The summed E-state index contributed by atoms with van der Waals surface area (Å²) >= 11 is 0. The molecule has 5 nitrogen and oxygen atoms in total. The highest BCUT2D eigenvalue weighted by atomic mass is 32.2. The van der Waals surface area contributed by atoms with E-state index in [4.69, 9.17) is 0 Å². The van der Waals surface area contributed by atoms with Crippen LogP contribution in [0, 0.1) is 0 Å². The van der Waals surface area contributed by atoms with E-state index in [9.17, 15) is 13.2 Å². The average molecular weight is 242 g/mol. The molecule has 1 aromatic carbocycles. The van der Waals surface area contributed by atoms with Crippen LogP contribution in [0.3, 0.4) is 0 Å². The number of hydrogen-bond acceptors (Lipinski definition) is 3. The van der Waals surface area contributed by atoms with Gasteiger partial charge in [-0.25, -0.2) is 8.42 Å². The Balaban J connectivity index is 2.43. The van der Waals surface area contributed by atoms with Crippen molar-refractivity contribution in [1.29, 1.82) is 0 Å². The van der Waals surface area contributed by atoms with E-state index < -0.39 is 10.0 Å². The zero-order valence-corrected chi connectivity index (χ0v) is 9.75. The Morgan fingerprint density at radius 1 is 1.25 bits per heavy atom. The highest BCUT2D eigenvalue weighted by Crippen LogP contribution is 1.96. The van der Waals surface area contributed by atoms with E-state index in [1.807, 2.05) is 0 Å². The second kappa shape index (κ2) is 5.62. The lowest BCUT2D eigenvalue weighted by molar-refractivity contribution is 0.0953. The lowest BCUT2D eigenvalue weighted by Gasteiger charge is -2.06. The molecule has 0 unspecified atom stereocenters. The first-order valence-corrected chi connectivity index (χ1v) is 6.51. The largest absolute Gasteiger partial charge is 0.338 e. The van der Waals surface area contributed by atoms with Crippen LogP contribution in [0.4, 0.5) is 0 Å². The van der Waals surface area contributed by atoms with Crippen molar-refractivity contribution in [3.63, 3.8) is 0 Å². The highest BCUT2D eigenvalue weighted by molar-refractivity contribution is 7.89. The number of hydrogen-bond donors (Lipinski definition) is 2. The van der Waals surface area contributed by atoms with Gasteiger partial charge in [-0.3, -0.25) is 4.79 Å². The number of rotatable bonds is 5. The summed E-state index contributed by atoms with van der Waals surface area (Å²) in [4.78, 5) is 11.5. The molecule has 0 saturated carbocycles. The Labute approximate surface area is 94.9 Å². The molecule has 16 heavy (non-hydrogen) atoms. The van der Waals surface area contributed by atoms with Crippen molar-refractivity contribution in [2.75, 3.05) is 12.4 Å². The number of sulfonamides is 1. The van der Waals surface area contributed by atoms with Gasteiger partial charge in [0.1, 0.15) is 0 Å². The van der Waals surface area contributed by atoms with Gasteiger partial charge in [0.2, 0.25) is 10.0 Å². The Morgan fingerprint density at radius 3 is 2.44 bits per heavy atom. The number of carbonyl (C=O) groups excluding carboxylic acids is 1. The van der Waals surface area contributed by atoms with Gasteiger partial charge < -0.3 is 5.32 Å². The van der Waals surface area contributed by atoms with Crippen LogP contribution in [-0.2, 0) is 10.0 Å². The second-order valence-corrected chi connectivity index (χ2v) is 5.19. The fourth-order valence-corrected chi connectivity index (χ4v) is 1.52. The lowest BCUT2D eigenvalue weighted by Crippen LogP contribution is -2.37. The second-order valence-electron chi connectivity index (χ2n) is 3.10. The molecule has 0 radical (unpaired) electrons. The maximum absolute atomic E-state index is 11.5. The fraction of sp³-hybridized carbons (Fsp3) is 0.300. The zero-order chi connectivity index (χ0) is 12.0. The summed E-state index contributed by atoms with van der Waals surface area (Å²) in [6.07, 6.45) is 0. The van der Waals surface area contributed by atoms with E-state index in [1.54, 1.807) is 30.3 Å². The van der Waals surface area contributed by atoms with E-state index in [0.717, 1.165) is 0 Å². The molecule has 88 valence electrons. The smallest absolute Gasteiger partial charge is 0.252 e. The normalized spacial score (nSPS) is 11.1. The Hall–Kier alpha value is -1.40. The van der Waals surface area contributed by atoms with E-state index in [2.05, 4.69) is 10.0 Å². The summed E-state index contributed by atoms with van der Waals surface area (Å²) in [5, 5.41) is 2.46. The molecule has 0 spiro atoms. The van der Waals surface area contributed by atoms with Crippen LogP contribution in [0.25, 0.3) is 0 Å². The maximum atomic E-state index is 11.5. The fourth-order valence-electron chi connectivity index (χ4n) is 1.02. The first-order valence-electron chi connectivity index (χ1n) is 4.86. The van der Waals surface area contributed by atoms with Crippen LogP contribution in [0.5, 0.6) is 0 Å². The minimum absolute atomic E-state index is 0.00575. The molecule has 0 bridgehead atoms. The zero-order valence-electron chi connectivity index (χ0n) is 8.93. The minimum atomic E-state index is -3.26.